The first kappa shape index (κ1) is 17.3. The van der Waals surface area contributed by atoms with Crippen molar-refractivity contribution in [2.75, 3.05) is 18.1 Å². The molecule has 1 aliphatic rings. The van der Waals surface area contributed by atoms with Crippen LogP contribution < -0.4 is 10.9 Å². The zero-order valence-corrected chi connectivity index (χ0v) is 15.1. The summed E-state index contributed by atoms with van der Waals surface area (Å²) in [7, 11) is -3.35. The summed E-state index contributed by atoms with van der Waals surface area (Å²) in [6.45, 7) is 0.153. The summed E-state index contributed by atoms with van der Waals surface area (Å²) in [5.41, 5.74) is 2.35. The van der Waals surface area contributed by atoms with Crippen molar-refractivity contribution in [2.24, 2.45) is 0 Å². The fourth-order valence-electron chi connectivity index (χ4n) is 3.46. The predicted molar refractivity (Wildman–Crippen MR) is 102 cm³/mol. The number of carboxylic acids is 1. The Morgan fingerprint density at radius 1 is 1.15 bits per heavy atom. The topological polar surface area (TPSA) is 116 Å². The molecule has 0 fully saturated rings. The van der Waals surface area contributed by atoms with Gasteiger partial charge in [-0.05, 0) is 35.4 Å². The van der Waals surface area contributed by atoms with Gasteiger partial charge in [0.25, 0.3) is 5.56 Å². The van der Waals surface area contributed by atoms with Gasteiger partial charge in [-0.15, -0.1) is 0 Å². The summed E-state index contributed by atoms with van der Waals surface area (Å²) >= 11 is 0. The molecule has 2 aromatic carbocycles. The number of anilines is 1. The average Bonchev–Trinajstić information content (AvgIpc) is 3.07. The first-order valence-corrected chi connectivity index (χ1v) is 10.1. The van der Waals surface area contributed by atoms with Crippen LogP contribution >= 0.6 is 0 Å². The highest BCUT2D eigenvalue weighted by atomic mass is 32.2. The summed E-state index contributed by atoms with van der Waals surface area (Å²) in [5.74, 6) is -1.82. The smallest absolute Gasteiger partial charge is 0.312 e. The van der Waals surface area contributed by atoms with Gasteiger partial charge in [-0.3, -0.25) is 9.59 Å². The van der Waals surface area contributed by atoms with Crippen LogP contribution in [0.15, 0.2) is 52.2 Å². The molecule has 3 aromatic rings. The number of sulfone groups is 1. The largest absolute Gasteiger partial charge is 0.481 e. The molecule has 3 N–H and O–H groups in total. The number of aliphatic carboxylic acids is 1. The molecule has 8 heteroatoms. The monoisotopic (exact) mass is 384 g/mol. The lowest BCUT2D eigenvalue weighted by atomic mass is 9.95. The van der Waals surface area contributed by atoms with Gasteiger partial charge >= 0.3 is 5.97 Å². The van der Waals surface area contributed by atoms with Crippen LogP contribution in [0.1, 0.15) is 11.5 Å². The van der Waals surface area contributed by atoms with Gasteiger partial charge < -0.3 is 15.4 Å². The number of aromatic nitrogens is 1. The van der Waals surface area contributed by atoms with E-state index >= 15 is 0 Å². The van der Waals surface area contributed by atoms with Crippen LogP contribution in [0.3, 0.4) is 0 Å². The molecule has 0 spiro atoms. The predicted octanol–water partition coefficient (Wildman–Crippen LogP) is 2.19. The van der Waals surface area contributed by atoms with Crippen molar-refractivity contribution in [1.29, 1.82) is 0 Å². The third-order valence-corrected chi connectivity index (χ3v) is 5.89. The molecule has 27 heavy (non-hydrogen) atoms. The first-order valence-electron chi connectivity index (χ1n) is 8.23. The van der Waals surface area contributed by atoms with Gasteiger partial charge in [-0.25, -0.2) is 8.42 Å². The molecule has 0 radical (unpaired) electrons. The highest BCUT2D eigenvalue weighted by Crippen LogP contribution is 2.36. The summed E-state index contributed by atoms with van der Waals surface area (Å²) < 4.78 is 23.6. The highest BCUT2D eigenvalue weighted by Gasteiger charge is 2.32. The number of hydrogen-bond donors (Lipinski definition) is 3. The van der Waals surface area contributed by atoms with Gasteiger partial charge in [0.05, 0.1) is 4.90 Å². The van der Waals surface area contributed by atoms with Crippen molar-refractivity contribution < 1.29 is 18.3 Å². The number of benzene rings is 2. The van der Waals surface area contributed by atoms with Gasteiger partial charge in [0, 0.05) is 29.3 Å². The van der Waals surface area contributed by atoms with E-state index in [1.807, 2.05) is 0 Å². The Hall–Kier alpha value is -3.13. The molecule has 2 heterocycles. The van der Waals surface area contributed by atoms with E-state index in [4.69, 9.17) is 0 Å². The zero-order valence-electron chi connectivity index (χ0n) is 14.3. The minimum Gasteiger partial charge on any atom is -0.481 e. The molecular weight excluding hydrogens is 368 g/mol. The molecule has 138 valence electrons. The van der Waals surface area contributed by atoms with Crippen LogP contribution in [0, 0.1) is 0 Å². The van der Waals surface area contributed by atoms with Crippen molar-refractivity contribution in [3.63, 3.8) is 0 Å². The second-order valence-corrected chi connectivity index (χ2v) is 8.59. The maximum absolute atomic E-state index is 12.2. The van der Waals surface area contributed by atoms with Crippen molar-refractivity contribution in [3.05, 3.63) is 58.4 Å². The molecule has 1 unspecified atom stereocenters. The van der Waals surface area contributed by atoms with E-state index in [9.17, 15) is 23.1 Å². The molecule has 7 nitrogen and oxygen atoms in total. The number of aromatic amines is 1. The average molecular weight is 384 g/mol. The molecule has 0 aliphatic carbocycles. The Bertz CT molecular complexity index is 1260. The molecule has 1 atom stereocenters. The third kappa shape index (κ3) is 2.87. The molecule has 4 rings (SSSR count). The van der Waals surface area contributed by atoms with Crippen LogP contribution in [0.2, 0.25) is 0 Å². The van der Waals surface area contributed by atoms with E-state index in [2.05, 4.69) is 10.3 Å². The number of nitrogens with one attached hydrogen (secondary N) is 2. The van der Waals surface area contributed by atoms with Crippen molar-refractivity contribution in [1.82, 2.24) is 4.98 Å². The molecule has 0 saturated carbocycles. The van der Waals surface area contributed by atoms with Gasteiger partial charge in [-0.1, -0.05) is 18.2 Å². The normalized spacial score (nSPS) is 16.1. The number of rotatable bonds is 3. The minimum atomic E-state index is -3.35. The SMILES string of the molecule is CS(=O)(=O)c1cccc(-c2ccc3[nH]c(=O)c4c(c3c2)C(C(=O)O)CN4)c1. The lowest BCUT2D eigenvalue weighted by Gasteiger charge is -2.11. The van der Waals surface area contributed by atoms with Gasteiger partial charge in [0.15, 0.2) is 9.84 Å². The van der Waals surface area contributed by atoms with Crippen LogP contribution in [-0.4, -0.2) is 37.3 Å². The second kappa shape index (κ2) is 5.95. The number of hydrogen-bond acceptors (Lipinski definition) is 5. The van der Waals surface area contributed by atoms with E-state index < -0.39 is 21.7 Å². The van der Waals surface area contributed by atoms with Crippen LogP contribution in [0.4, 0.5) is 5.69 Å². The number of fused-ring (bicyclic) bond motifs is 3. The fourth-order valence-corrected chi connectivity index (χ4v) is 4.12. The third-order valence-electron chi connectivity index (χ3n) is 4.78. The quantitative estimate of drug-likeness (QED) is 0.637. The minimum absolute atomic E-state index is 0.153. The Morgan fingerprint density at radius 2 is 1.89 bits per heavy atom. The molecule has 1 aromatic heterocycles. The Kier molecular flexibility index (Phi) is 3.81. The summed E-state index contributed by atoms with van der Waals surface area (Å²) in [6.07, 6.45) is 1.15. The Balaban J connectivity index is 1.96. The maximum atomic E-state index is 12.2. The summed E-state index contributed by atoms with van der Waals surface area (Å²) in [6, 6.07) is 11.8. The Labute approximate surface area is 154 Å². The molecule has 0 amide bonds. The van der Waals surface area contributed by atoms with Crippen molar-refractivity contribution in [2.45, 2.75) is 10.8 Å². The van der Waals surface area contributed by atoms with E-state index in [0.717, 1.165) is 11.8 Å². The lowest BCUT2D eigenvalue weighted by Crippen LogP contribution is -2.13. The fraction of sp³-hybridized carbons (Fsp3) is 0.158. The molecule has 0 saturated heterocycles. The van der Waals surface area contributed by atoms with Crippen molar-refractivity contribution in [3.8, 4) is 11.1 Å². The molecule has 1 aliphatic heterocycles. The van der Waals surface area contributed by atoms with Gasteiger partial charge in [-0.2, -0.15) is 0 Å². The van der Waals surface area contributed by atoms with Crippen LogP contribution in [0.5, 0.6) is 0 Å². The van der Waals surface area contributed by atoms with Crippen LogP contribution in [-0.2, 0) is 14.6 Å². The maximum Gasteiger partial charge on any atom is 0.312 e. The van der Waals surface area contributed by atoms with Gasteiger partial charge in [0.2, 0.25) is 0 Å². The standard InChI is InChI=1S/C19H16N2O5S/c1-27(25,26)12-4-2-3-10(7-12)11-5-6-15-13(8-11)16-14(19(23)24)9-20-17(16)18(22)21-15/h2-8,14,20H,9H2,1H3,(H,21,22)(H,23,24). The van der Waals surface area contributed by atoms with E-state index in [1.54, 1.807) is 36.4 Å². The number of pyridine rings is 1. The first-order chi connectivity index (χ1) is 12.8. The highest BCUT2D eigenvalue weighted by molar-refractivity contribution is 7.90. The zero-order chi connectivity index (χ0) is 19.3. The summed E-state index contributed by atoms with van der Waals surface area (Å²) in [5, 5.41) is 13.0. The molecule has 0 bridgehead atoms. The van der Waals surface area contributed by atoms with Gasteiger partial charge in [0.1, 0.15) is 11.6 Å². The van der Waals surface area contributed by atoms with E-state index in [1.165, 1.54) is 6.07 Å². The van der Waals surface area contributed by atoms with E-state index in [0.29, 0.717) is 22.0 Å². The summed E-state index contributed by atoms with van der Waals surface area (Å²) in [4.78, 5) is 26.8. The van der Waals surface area contributed by atoms with E-state index in [-0.39, 0.29) is 22.7 Å². The van der Waals surface area contributed by atoms with Crippen molar-refractivity contribution >= 4 is 32.4 Å². The number of carboxylic acid groups (broad SMARTS) is 1. The second-order valence-electron chi connectivity index (χ2n) is 6.57. The number of H-pyrrole nitrogens is 1. The molecular formula is C19H16N2O5S. The Morgan fingerprint density at radius 3 is 2.59 bits per heavy atom. The van der Waals surface area contributed by atoms with Crippen LogP contribution in [0.25, 0.3) is 22.0 Å². The lowest BCUT2D eigenvalue weighted by molar-refractivity contribution is -0.138. The number of carbonyl (C=O) groups is 1.